The van der Waals surface area contributed by atoms with Gasteiger partial charge in [-0.1, -0.05) is 6.07 Å². The second-order valence-corrected chi connectivity index (χ2v) is 6.99. The molecule has 1 saturated heterocycles. The molecule has 2 aliphatic carbocycles. The van der Waals surface area contributed by atoms with Crippen molar-refractivity contribution in [1.29, 1.82) is 0 Å². The van der Waals surface area contributed by atoms with Gasteiger partial charge in [0.25, 0.3) is 0 Å². The van der Waals surface area contributed by atoms with E-state index in [0.717, 1.165) is 24.6 Å². The van der Waals surface area contributed by atoms with E-state index in [9.17, 15) is 0 Å². The molecule has 0 unspecified atom stereocenters. The lowest BCUT2D eigenvalue weighted by Crippen LogP contribution is -2.37. The lowest BCUT2D eigenvalue weighted by atomic mass is 9.93. The van der Waals surface area contributed by atoms with E-state index in [1.807, 2.05) is 0 Å². The highest BCUT2D eigenvalue weighted by atomic mass is 15.3. The number of hydrogen-bond acceptors (Lipinski definition) is 3. The first-order chi connectivity index (χ1) is 10.9. The van der Waals surface area contributed by atoms with E-state index < -0.39 is 0 Å². The van der Waals surface area contributed by atoms with Crippen LogP contribution >= 0.6 is 0 Å². The van der Waals surface area contributed by atoms with Crippen LogP contribution < -0.4 is 4.90 Å². The highest BCUT2D eigenvalue weighted by Crippen LogP contribution is 2.44. The average Bonchev–Trinajstić information content (AvgIpc) is 3.16. The summed E-state index contributed by atoms with van der Waals surface area (Å²) >= 11 is 0. The molecule has 114 valence electrons. The minimum Gasteiger partial charge on any atom is -0.356 e. The molecule has 0 amide bonds. The van der Waals surface area contributed by atoms with Gasteiger partial charge in [0.05, 0.1) is 17.4 Å². The van der Waals surface area contributed by atoms with E-state index in [-0.39, 0.29) is 0 Å². The van der Waals surface area contributed by atoms with Crippen molar-refractivity contribution in [1.82, 2.24) is 14.8 Å². The SMILES string of the molecule is c1cc(-c2cn(C3CCC3)nc2C2CC2)nc(N2CCC2)c1. The normalized spacial score (nSPS) is 21.5. The van der Waals surface area contributed by atoms with Crippen LogP contribution in [0.3, 0.4) is 0 Å². The van der Waals surface area contributed by atoms with E-state index in [0.29, 0.717) is 12.0 Å². The fourth-order valence-electron chi connectivity index (χ4n) is 3.39. The van der Waals surface area contributed by atoms with Gasteiger partial charge in [0.15, 0.2) is 0 Å². The third-order valence-electron chi connectivity index (χ3n) is 5.36. The van der Waals surface area contributed by atoms with Crippen molar-refractivity contribution in [3.63, 3.8) is 0 Å². The molecule has 2 aromatic rings. The third-order valence-corrected chi connectivity index (χ3v) is 5.36. The lowest BCUT2D eigenvalue weighted by molar-refractivity contribution is 0.288. The van der Waals surface area contributed by atoms with Crippen LogP contribution in [-0.2, 0) is 0 Å². The fourth-order valence-corrected chi connectivity index (χ4v) is 3.39. The van der Waals surface area contributed by atoms with Crippen molar-refractivity contribution in [2.24, 2.45) is 0 Å². The fraction of sp³-hybridized carbons (Fsp3) is 0.556. The van der Waals surface area contributed by atoms with E-state index in [4.69, 9.17) is 10.1 Å². The Hall–Kier alpha value is -1.84. The van der Waals surface area contributed by atoms with Gasteiger partial charge in [-0.3, -0.25) is 4.68 Å². The van der Waals surface area contributed by atoms with Gasteiger partial charge in [-0.2, -0.15) is 5.10 Å². The molecule has 0 bridgehead atoms. The summed E-state index contributed by atoms with van der Waals surface area (Å²) in [6.45, 7) is 2.29. The Morgan fingerprint density at radius 3 is 2.50 bits per heavy atom. The zero-order valence-corrected chi connectivity index (χ0v) is 12.9. The van der Waals surface area contributed by atoms with E-state index in [1.54, 1.807) is 0 Å². The molecule has 22 heavy (non-hydrogen) atoms. The van der Waals surface area contributed by atoms with Crippen LogP contribution in [0.2, 0.25) is 0 Å². The maximum Gasteiger partial charge on any atom is 0.129 e. The summed E-state index contributed by atoms with van der Waals surface area (Å²) in [7, 11) is 0. The first-order valence-electron chi connectivity index (χ1n) is 8.70. The lowest BCUT2D eigenvalue weighted by Gasteiger charge is -2.32. The molecule has 0 atom stereocenters. The molecule has 4 nitrogen and oxygen atoms in total. The smallest absolute Gasteiger partial charge is 0.129 e. The molecule has 0 N–H and O–H groups in total. The second kappa shape index (κ2) is 4.83. The predicted molar refractivity (Wildman–Crippen MR) is 87.2 cm³/mol. The van der Waals surface area contributed by atoms with Gasteiger partial charge in [0.2, 0.25) is 0 Å². The Labute approximate surface area is 131 Å². The van der Waals surface area contributed by atoms with Gasteiger partial charge in [0.1, 0.15) is 5.82 Å². The van der Waals surface area contributed by atoms with Gasteiger partial charge < -0.3 is 4.90 Å². The molecule has 4 heteroatoms. The molecular weight excluding hydrogens is 272 g/mol. The Kier molecular flexibility index (Phi) is 2.79. The Bertz CT molecular complexity index is 693. The van der Waals surface area contributed by atoms with E-state index >= 15 is 0 Å². The number of nitrogens with zero attached hydrogens (tertiary/aromatic N) is 4. The van der Waals surface area contributed by atoms with Crippen molar-refractivity contribution in [3.8, 4) is 11.3 Å². The molecule has 2 saturated carbocycles. The molecule has 5 rings (SSSR count). The molecule has 3 heterocycles. The Morgan fingerprint density at radius 2 is 1.86 bits per heavy atom. The second-order valence-electron chi connectivity index (χ2n) is 6.99. The van der Waals surface area contributed by atoms with Crippen LogP contribution in [0.25, 0.3) is 11.3 Å². The Balaban J connectivity index is 1.54. The van der Waals surface area contributed by atoms with Crippen LogP contribution in [-0.4, -0.2) is 27.9 Å². The van der Waals surface area contributed by atoms with Crippen molar-refractivity contribution in [2.45, 2.75) is 50.5 Å². The highest BCUT2D eigenvalue weighted by molar-refractivity contribution is 5.65. The van der Waals surface area contributed by atoms with Gasteiger partial charge in [-0.15, -0.1) is 0 Å². The van der Waals surface area contributed by atoms with Crippen molar-refractivity contribution in [3.05, 3.63) is 30.1 Å². The molecule has 1 aliphatic heterocycles. The predicted octanol–water partition coefficient (Wildman–Crippen LogP) is 3.76. The van der Waals surface area contributed by atoms with Crippen LogP contribution in [0.5, 0.6) is 0 Å². The molecule has 2 aromatic heterocycles. The first-order valence-corrected chi connectivity index (χ1v) is 8.70. The molecule has 3 fully saturated rings. The summed E-state index contributed by atoms with van der Waals surface area (Å²) in [5.74, 6) is 1.80. The number of pyridine rings is 1. The zero-order valence-electron chi connectivity index (χ0n) is 12.9. The van der Waals surface area contributed by atoms with Crippen LogP contribution in [0.1, 0.15) is 56.2 Å². The maximum absolute atomic E-state index is 4.94. The minimum atomic E-state index is 0.629. The highest BCUT2D eigenvalue weighted by Gasteiger charge is 2.32. The summed E-state index contributed by atoms with van der Waals surface area (Å²) in [4.78, 5) is 7.28. The molecular formula is C18H22N4. The Morgan fingerprint density at radius 1 is 1.00 bits per heavy atom. The minimum absolute atomic E-state index is 0.629. The van der Waals surface area contributed by atoms with E-state index in [1.165, 1.54) is 49.8 Å². The summed E-state index contributed by atoms with van der Waals surface area (Å²) < 4.78 is 2.23. The standard InChI is InChI=1S/C18H22N4/c1-4-14(5-1)22-12-15(18(20-22)13-8-9-13)16-6-2-7-17(19-16)21-10-3-11-21/h2,6-7,12-14H,1,3-5,8-11H2. The number of rotatable bonds is 4. The van der Waals surface area contributed by atoms with Crippen molar-refractivity contribution >= 4 is 5.82 Å². The number of anilines is 1. The van der Waals surface area contributed by atoms with Crippen LogP contribution in [0.4, 0.5) is 5.82 Å². The largest absolute Gasteiger partial charge is 0.356 e. The molecule has 0 spiro atoms. The van der Waals surface area contributed by atoms with Crippen LogP contribution in [0, 0.1) is 0 Å². The van der Waals surface area contributed by atoms with Gasteiger partial charge >= 0.3 is 0 Å². The number of hydrogen-bond donors (Lipinski definition) is 0. The molecule has 3 aliphatic rings. The van der Waals surface area contributed by atoms with Gasteiger partial charge in [-0.05, 0) is 50.7 Å². The molecule has 0 radical (unpaired) electrons. The monoisotopic (exact) mass is 294 g/mol. The van der Waals surface area contributed by atoms with E-state index in [2.05, 4.69) is 34.0 Å². The summed E-state index contributed by atoms with van der Waals surface area (Å²) in [6.07, 6.45) is 10.1. The average molecular weight is 294 g/mol. The quantitative estimate of drug-likeness (QED) is 0.861. The topological polar surface area (TPSA) is 34.0 Å². The van der Waals surface area contributed by atoms with Crippen LogP contribution in [0.15, 0.2) is 24.4 Å². The van der Waals surface area contributed by atoms with Gasteiger partial charge in [0, 0.05) is 30.8 Å². The van der Waals surface area contributed by atoms with Gasteiger partial charge in [-0.25, -0.2) is 4.98 Å². The first kappa shape index (κ1) is 12.7. The summed E-state index contributed by atoms with van der Waals surface area (Å²) in [5, 5.41) is 4.94. The zero-order chi connectivity index (χ0) is 14.5. The summed E-state index contributed by atoms with van der Waals surface area (Å²) in [6, 6.07) is 7.06. The summed E-state index contributed by atoms with van der Waals surface area (Å²) in [5.41, 5.74) is 3.67. The third kappa shape index (κ3) is 2.04. The van der Waals surface area contributed by atoms with Crippen molar-refractivity contribution < 1.29 is 0 Å². The molecule has 0 aromatic carbocycles. The number of aromatic nitrogens is 3. The van der Waals surface area contributed by atoms with Crippen molar-refractivity contribution in [2.75, 3.05) is 18.0 Å². The maximum atomic E-state index is 4.94.